The number of nitrogens with zero attached hydrogens (tertiary/aromatic N) is 1. The van der Waals surface area contributed by atoms with Gasteiger partial charge in [0, 0.05) is 19.5 Å². The van der Waals surface area contributed by atoms with Gasteiger partial charge in [-0.2, -0.15) is 0 Å². The molecule has 2 rings (SSSR count). The van der Waals surface area contributed by atoms with E-state index in [4.69, 9.17) is 14.9 Å². The molecule has 0 amide bonds. The van der Waals surface area contributed by atoms with Gasteiger partial charge in [-0.05, 0) is 48.2 Å². The van der Waals surface area contributed by atoms with Gasteiger partial charge in [0.25, 0.3) is 0 Å². The van der Waals surface area contributed by atoms with Gasteiger partial charge in [-0.25, -0.2) is 4.79 Å². The third-order valence-corrected chi connectivity index (χ3v) is 5.08. The number of rotatable bonds is 15. The Morgan fingerprint density at radius 3 is 2.31 bits per heavy atom. The summed E-state index contributed by atoms with van der Waals surface area (Å²) in [5, 5.41) is 18.1. The maximum atomic E-state index is 11.1. The summed E-state index contributed by atoms with van der Waals surface area (Å²) in [6.45, 7) is 9.92. The first-order valence-electron chi connectivity index (χ1n) is 10.6. The van der Waals surface area contributed by atoms with Gasteiger partial charge in [0.1, 0.15) is 0 Å². The third kappa shape index (κ3) is 8.88. The van der Waals surface area contributed by atoms with E-state index in [-0.39, 0.29) is 18.1 Å². The van der Waals surface area contributed by atoms with Crippen LogP contribution in [0.3, 0.4) is 0 Å². The standard InChI is InChI=1S/C26H31NO5/c1-3-20(2)19-32-24(22-9-5-4-6-10-22)18-27(16-8-7-11-25(28)29)17-21-12-14-23(15-13-21)26(30)31/h3-6,9-10,12-15,24H,1-2,7-8,11,16-19H2,(H,28,29)(H,30,31)/t24-/m0/s1. The summed E-state index contributed by atoms with van der Waals surface area (Å²) in [4.78, 5) is 24.2. The van der Waals surface area contributed by atoms with Crippen molar-refractivity contribution in [2.45, 2.75) is 31.9 Å². The predicted molar refractivity (Wildman–Crippen MR) is 125 cm³/mol. The molecule has 0 saturated carbocycles. The van der Waals surface area contributed by atoms with Crippen LogP contribution in [0.15, 0.2) is 79.4 Å². The van der Waals surface area contributed by atoms with Crippen molar-refractivity contribution in [3.8, 4) is 0 Å². The second-order valence-corrected chi connectivity index (χ2v) is 7.66. The fourth-order valence-corrected chi connectivity index (χ4v) is 3.28. The van der Waals surface area contributed by atoms with Crippen molar-refractivity contribution in [1.29, 1.82) is 0 Å². The second kappa shape index (κ2) is 13.2. The van der Waals surface area contributed by atoms with Gasteiger partial charge in [0.15, 0.2) is 0 Å². The number of carbonyl (C=O) groups is 2. The van der Waals surface area contributed by atoms with Crippen molar-refractivity contribution in [1.82, 2.24) is 4.90 Å². The summed E-state index contributed by atoms with van der Waals surface area (Å²) < 4.78 is 6.16. The number of carboxylic acid groups (broad SMARTS) is 2. The molecule has 0 aliphatic carbocycles. The number of hydrogen-bond donors (Lipinski definition) is 2. The normalized spacial score (nSPS) is 11.8. The first kappa shape index (κ1) is 25.0. The lowest BCUT2D eigenvalue weighted by Crippen LogP contribution is -2.31. The van der Waals surface area contributed by atoms with Crippen LogP contribution in [0.5, 0.6) is 0 Å². The van der Waals surface area contributed by atoms with Crippen molar-refractivity contribution in [3.05, 3.63) is 96.1 Å². The molecule has 1 atom stereocenters. The van der Waals surface area contributed by atoms with Gasteiger partial charge in [-0.15, -0.1) is 0 Å². The number of hydrogen-bond acceptors (Lipinski definition) is 4. The lowest BCUT2D eigenvalue weighted by molar-refractivity contribution is -0.137. The zero-order valence-electron chi connectivity index (χ0n) is 18.3. The highest BCUT2D eigenvalue weighted by molar-refractivity contribution is 5.87. The smallest absolute Gasteiger partial charge is 0.335 e. The Hall–Kier alpha value is -3.22. The molecule has 0 bridgehead atoms. The van der Waals surface area contributed by atoms with Crippen molar-refractivity contribution in [2.24, 2.45) is 0 Å². The largest absolute Gasteiger partial charge is 0.481 e. The molecule has 0 aliphatic rings. The van der Waals surface area contributed by atoms with Gasteiger partial charge in [0.2, 0.25) is 0 Å². The maximum absolute atomic E-state index is 11.1. The van der Waals surface area contributed by atoms with E-state index in [9.17, 15) is 9.59 Å². The second-order valence-electron chi connectivity index (χ2n) is 7.66. The fraction of sp³-hybridized carbons (Fsp3) is 0.308. The summed E-state index contributed by atoms with van der Waals surface area (Å²) in [6.07, 6.45) is 2.94. The average molecular weight is 438 g/mol. The van der Waals surface area contributed by atoms with Crippen LogP contribution in [0.4, 0.5) is 0 Å². The number of benzene rings is 2. The highest BCUT2D eigenvalue weighted by atomic mass is 16.5. The van der Waals surface area contributed by atoms with Crippen LogP contribution >= 0.6 is 0 Å². The van der Waals surface area contributed by atoms with Crippen molar-refractivity contribution < 1.29 is 24.5 Å². The molecule has 6 heteroatoms. The maximum Gasteiger partial charge on any atom is 0.335 e. The van der Waals surface area contributed by atoms with Crippen LogP contribution in [0.25, 0.3) is 0 Å². The molecule has 0 fully saturated rings. The molecule has 0 unspecified atom stereocenters. The molecule has 6 nitrogen and oxygen atoms in total. The molecule has 0 saturated heterocycles. The summed E-state index contributed by atoms with van der Waals surface area (Å²) in [5.41, 5.74) is 3.06. The van der Waals surface area contributed by atoms with E-state index in [0.717, 1.165) is 23.1 Å². The summed E-state index contributed by atoms with van der Waals surface area (Å²) in [6, 6.07) is 16.7. The fourth-order valence-electron chi connectivity index (χ4n) is 3.28. The molecule has 0 spiro atoms. The van der Waals surface area contributed by atoms with Gasteiger partial charge < -0.3 is 14.9 Å². The van der Waals surface area contributed by atoms with Crippen LogP contribution in [-0.2, 0) is 16.1 Å². The Bertz CT molecular complexity index is 892. The molecule has 32 heavy (non-hydrogen) atoms. The van der Waals surface area contributed by atoms with Crippen LogP contribution in [0.1, 0.15) is 46.9 Å². The molecule has 0 aliphatic heterocycles. The topological polar surface area (TPSA) is 87.1 Å². The number of carboxylic acids is 2. The van der Waals surface area contributed by atoms with E-state index in [1.165, 1.54) is 0 Å². The molecular weight excluding hydrogens is 406 g/mol. The minimum atomic E-state index is -0.956. The third-order valence-electron chi connectivity index (χ3n) is 5.08. The minimum absolute atomic E-state index is 0.138. The number of unbranched alkanes of at least 4 members (excludes halogenated alkanes) is 1. The van der Waals surface area contributed by atoms with Crippen LogP contribution in [-0.4, -0.2) is 46.7 Å². The summed E-state index contributed by atoms with van der Waals surface area (Å²) >= 11 is 0. The van der Waals surface area contributed by atoms with Crippen molar-refractivity contribution in [3.63, 3.8) is 0 Å². The molecule has 170 valence electrons. The van der Waals surface area contributed by atoms with Gasteiger partial charge in [-0.1, -0.05) is 61.7 Å². The monoisotopic (exact) mass is 437 g/mol. The van der Waals surface area contributed by atoms with Crippen molar-refractivity contribution >= 4 is 11.9 Å². The van der Waals surface area contributed by atoms with E-state index in [1.54, 1.807) is 18.2 Å². The Morgan fingerprint density at radius 2 is 1.72 bits per heavy atom. The molecular formula is C26H31NO5. The summed E-state index contributed by atoms with van der Waals surface area (Å²) in [5.74, 6) is -1.75. The van der Waals surface area contributed by atoms with Gasteiger partial charge in [-0.3, -0.25) is 9.69 Å². The lowest BCUT2D eigenvalue weighted by atomic mass is 10.1. The predicted octanol–water partition coefficient (Wildman–Crippen LogP) is 4.94. The Morgan fingerprint density at radius 1 is 1.03 bits per heavy atom. The van der Waals surface area contributed by atoms with Crippen LogP contribution in [0.2, 0.25) is 0 Å². The lowest BCUT2D eigenvalue weighted by Gasteiger charge is -2.28. The molecule has 0 aromatic heterocycles. The quantitative estimate of drug-likeness (QED) is 0.303. The zero-order valence-corrected chi connectivity index (χ0v) is 18.3. The van der Waals surface area contributed by atoms with E-state index in [0.29, 0.717) is 32.7 Å². The Balaban J connectivity index is 2.15. The Kier molecular flexibility index (Phi) is 10.4. The van der Waals surface area contributed by atoms with E-state index in [2.05, 4.69) is 18.1 Å². The number of aromatic carboxylic acids is 1. The van der Waals surface area contributed by atoms with Crippen LogP contribution in [0, 0.1) is 0 Å². The van der Waals surface area contributed by atoms with Gasteiger partial charge >= 0.3 is 11.9 Å². The highest BCUT2D eigenvalue weighted by Crippen LogP contribution is 2.21. The number of ether oxygens (including phenoxy) is 1. The van der Waals surface area contributed by atoms with Crippen molar-refractivity contribution in [2.75, 3.05) is 19.7 Å². The van der Waals surface area contributed by atoms with E-state index < -0.39 is 11.9 Å². The molecule has 0 heterocycles. The highest BCUT2D eigenvalue weighted by Gasteiger charge is 2.18. The SMILES string of the molecule is C=CC(=C)CO[C@@H](CN(CCCCC(=O)O)Cc1ccc(C(=O)O)cc1)c1ccccc1. The molecule has 0 radical (unpaired) electrons. The molecule has 2 aromatic carbocycles. The summed E-state index contributed by atoms with van der Waals surface area (Å²) in [7, 11) is 0. The average Bonchev–Trinajstić information content (AvgIpc) is 2.79. The first-order valence-corrected chi connectivity index (χ1v) is 10.6. The molecule has 2 N–H and O–H groups in total. The van der Waals surface area contributed by atoms with Crippen LogP contribution < -0.4 is 0 Å². The number of aliphatic carboxylic acids is 1. The molecule has 2 aromatic rings. The minimum Gasteiger partial charge on any atom is -0.481 e. The van der Waals surface area contributed by atoms with Gasteiger partial charge in [0.05, 0.1) is 18.3 Å². The van der Waals surface area contributed by atoms with E-state index >= 15 is 0 Å². The zero-order chi connectivity index (χ0) is 23.3. The Labute approximate surface area is 189 Å². The first-order chi connectivity index (χ1) is 15.4. The van der Waals surface area contributed by atoms with E-state index in [1.807, 2.05) is 42.5 Å².